The van der Waals surface area contributed by atoms with Crippen LogP contribution in [-0.2, 0) is 0 Å². The number of rotatable bonds is 3. The van der Waals surface area contributed by atoms with Gasteiger partial charge in [0.1, 0.15) is 5.75 Å². The number of amides is 1. The highest BCUT2D eigenvalue weighted by molar-refractivity contribution is 6.34. The zero-order valence-electron chi connectivity index (χ0n) is 11.0. The van der Waals surface area contributed by atoms with Crippen molar-refractivity contribution in [3.63, 3.8) is 0 Å². The molecule has 0 aromatic heterocycles. The molecule has 0 fully saturated rings. The first-order valence-electron chi connectivity index (χ1n) is 5.89. The van der Waals surface area contributed by atoms with Crippen molar-refractivity contribution < 1.29 is 9.53 Å². The van der Waals surface area contributed by atoms with Gasteiger partial charge in [-0.25, -0.2) is 0 Å². The molecule has 6 heteroatoms. The summed E-state index contributed by atoms with van der Waals surface area (Å²) in [5, 5.41) is 12.3. The molecule has 4 nitrogen and oxygen atoms in total. The third-order valence-corrected chi connectivity index (χ3v) is 3.32. The maximum atomic E-state index is 12.3. The number of anilines is 1. The average molecular weight is 321 g/mol. The predicted octanol–water partition coefficient (Wildman–Crippen LogP) is 4.13. The van der Waals surface area contributed by atoms with Crippen molar-refractivity contribution in [3.05, 3.63) is 57.6 Å². The van der Waals surface area contributed by atoms with Crippen LogP contribution in [0.1, 0.15) is 15.9 Å². The van der Waals surface area contributed by atoms with Crippen LogP contribution in [0, 0.1) is 11.3 Å². The van der Waals surface area contributed by atoms with Crippen molar-refractivity contribution >= 4 is 34.8 Å². The number of methoxy groups -OCH3 is 1. The molecule has 2 aromatic carbocycles. The molecule has 0 bridgehead atoms. The number of nitriles is 1. The van der Waals surface area contributed by atoms with Crippen molar-refractivity contribution in [2.75, 3.05) is 12.4 Å². The van der Waals surface area contributed by atoms with E-state index in [2.05, 4.69) is 5.32 Å². The molecule has 1 N–H and O–H groups in total. The Morgan fingerprint density at radius 2 is 2.00 bits per heavy atom. The number of carbonyl (C=O) groups is 1. The number of carbonyl (C=O) groups excluding carboxylic acids is 1. The maximum absolute atomic E-state index is 12.3. The number of benzene rings is 2. The average Bonchev–Trinajstić information content (AvgIpc) is 2.49. The molecular weight excluding hydrogens is 311 g/mol. The summed E-state index contributed by atoms with van der Waals surface area (Å²) in [6, 6.07) is 11.3. The largest absolute Gasteiger partial charge is 0.496 e. The fourth-order valence-electron chi connectivity index (χ4n) is 1.73. The second-order valence-corrected chi connectivity index (χ2v) is 4.95. The van der Waals surface area contributed by atoms with Crippen LogP contribution in [0.25, 0.3) is 0 Å². The van der Waals surface area contributed by atoms with Crippen molar-refractivity contribution in [2.24, 2.45) is 0 Å². The fourth-order valence-corrected chi connectivity index (χ4v) is 2.06. The zero-order chi connectivity index (χ0) is 15.4. The first-order chi connectivity index (χ1) is 10.0. The lowest BCUT2D eigenvalue weighted by atomic mass is 10.1. The molecule has 0 aliphatic rings. The summed E-state index contributed by atoms with van der Waals surface area (Å²) in [4.78, 5) is 12.3. The van der Waals surface area contributed by atoms with Gasteiger partial charge >= 0.3 is 0 Å². The van der Waals surface area contributed by atoms with Gasteiger partial charge in [0.2, 0.25) is 0 Å². The van der Waals surface area contributed by atoms with Crippen LogP contribution in [-0.4, -0.2) is 13.0 Å². The minimum Gasteiger partial charge on any atom is -0.496 e. The van der Waals surface area contributed by atoms with Gasteiger partial charge in [0.15, 0.2) is 0 Å². The molecule has 2 aromatic rings. The topological polar surface area (TPSA) is 62.1 Å². The Bertz CT molecular complexity index is 739. The molecular formula is C15H10Cl2N2O2. The minimum absolute atomic E-state index is 0.320. The smallest absolute Gasteiger partial charge is 0.259 e. The molecule has 0 aliphatic carbocycles. The summed E-state index contributed by atoms with van der Waals surface area (Å²) in [7, 11) is 1.45. The van der Waals surface area contributed by atoms with Crippen molar-refractivity contribution in [1.82, 2.24) is 0 Å². The maximum Gasteiger partial charge on any atom is 0.259 e. The molecule has 21 heavy (non-hydrogen) atoms. The zero-order valence-corrected chi connectivity index (χ0v) is 12.5. The normalized spacial score (nSPS) is 9.81. The van der Waals surface area contributed by atoms with E-state index in [4.69, 9.17) is 33.2 Å². The summed E-state index contributed by atoms with van der Waals surface area (Å²) < 4.78 is 5.13. The number of nitrogens with one attached hydrogen (secondary N) is 1. The standard InChI is InChI=1S/C15H10Cl2N2O2/c1-21-14-7-10(16)3-4-11(14)15(20)19-13-6-9(8-18)2-5-12(13)17/h2-7H,1H3,(H,19,20). The first-order valence-corrected chi connectivity index (χ1v) is 6.65. The summed E-state index contributed by atoms with van der Waals surface area (Å²) in [5.41, 5.74) is 1.08. The van der Waals surface area contributed by atoms with E-state index in [1.54, 1.807) is 30.3 Å². The van der Waals surface area contributed by atoms with Gasteiger partial charge in [-0.1, -0.05) is 23.2 Å². The summed E-state index contributed by atoms with van der Waals surface area (Å²) in [6.45, 7) is 0. The minimum atomic E-state index is -0.402. The molecule has 0 saturated carbocycles. The summed E-state index contributed by atoms with van der Waals surface area (Å²) >= 11 is 11.9. The molecule has 0 spiro atoms. The Balaban J connectivity index is 2.32. The molecule has 0 heterocycles. The van der Waals surface area contributed by atoms with Crippen LogP contribution >= 0.6 is 23.2 Å². The lowest BCUT2D eigenvalue weighted by Crippen LogP contribution is -2.13. The van der Waals surface area contributed by atoms with Crippen molar-refractivity contribution in [3.8, 4) is 11.8 Å². The number of ether oxygens (including phenoxy) is 1. The van der Waals surface area contributed by atoms with Gasteiger partial charge in [0.05, 0.1) is 35.0 Å². The van der Waals surface area contributed by atoms with Crippen LogP contribution in [0.15, 0.2) is 36.4 Å². The third kappa shape index (κ3) is 3.46. The molecule has 2 rings (SSSR count). The van der Waals surface area contributed by atoms with Gasteiger partial charge in [-0.15, -0.1) is 0 Å². The first kappa shape index (κ1) is 15.2. The summed E-state index contributed by atoms with van der Waals surface area (Å²) in [6.07, 6.45) is 0. The third-order valence-electron chi connectivity index (χ3n) is 2.75. The number of nitrogens with zero attached hydrogens (tertiary/aromatic N) is 1. The van der Waals surface area contributed by atoms with Gasteiger partial charge in [-0.3, -0.25) is 4.79 Å². The van der Waals surface area contributed by atoms with Crippen LogP contribution in [0.5, 0.6) is 5.75 Å². The molecule has 0 radical (unpaired) electrons. The number of hydrogen-bond donors (Lipinski definition) is 1. The molecule has 0 unspecified atom stereocenters. The van der Waals surface area contributed by atoms with Gasteiger partial charge in [0.25, 0.3) is 5.91 Å². The number of halogens is 2. The predicted molar refractivity (Wildman–Crippen MR) is 82.1 cm³/mol. The second kappa shape index (κ2) is 6.49. The highest BCUT2D eigenvalue weighted by Gasteiger charge is 2.14. The van der Waals surface area contributed by atoms with Gasteiger partial charge < -0.3 is 10.1 Å². The van der Waals surface area contributed by atoms with E-state index in [9.17, 15) is 4.79 Å². The fraction of sp³-hybridized carbons (Fsp3) is 0.0667. The van der Waals surface area contributed by atoms with Gasteiger partial charge in [0, 0.05) is 5.02 Å². The van der Waals surface area contributed by atoms with E-state index in [1.807, 2.05) is 6.07 Å². The van der Waals surface area contributed by atoms with E-state index in [0.717, 1.165) is 0 Å². The molecule has 0 atom stereocenters. The van der Waals surface area contributed by atoms with E-state index < -0.39 is 5.91 Å². The summed E-state index contributed by atoms with van der Waals surface area (Å²) in [5.74, 6) is -0.0481. The lowest BCUT2D eigenvalue weighted by Gasteiger charge is -2.11. The van der Waals surface area contributed by atoms with E-state index in [1.165, 1.54) is 13.2 Å². The van der Waals surface area contributed by atoms with E-state index in [-0.39, 0.29) is 0 Å². The SMILES string of the molecule is COc1cc(Cl)ccc1C(=O)Nc1cc(C#N)ccc1Cl. The molecule has 1 amide bonds. The lowest BCUT2D eigenvalue weighted by molar-refractivity contribution is 0.102. The van der Waals surface area contributed by atoms with Crippen molar-refractivity contribution in [1.29, 1.82) is 5.26 Å². The van der Waals surface area contributed by atoms with Crippen LogP contribution in [0.3, 0.4) is 0 Å². The number of hydrogen-bond acceptors (Lipinski definition) is 3. The van der Waals surface area contributed by atoms with E-state index >= 15 is 0 Å². The van der Waals surface area contributed by atoms with Crippen LogP contribution in [0.2, 0.25) is 10.0 Å². The monoisotopic (exact) mass is 320 g/mol. The Labute approximate surface area is 131 Å². The van der Waals surface area contributed by atoms with Crippen molar-refractivity contribution in [2.45, 2.75) is 0 Å². The highest BCUT2D eigenvalue weighted by atomic mass is 35.5. The van der Waals surface area contributed by atoms with Crippen LogP contribution in [0.4, 0.5) is 5.69 Å². The second-order valence-electron chi connectivity index (χ2n) is 4.11. The highest BCUT2D eigenvalue weighted by Crippen LogP contribution is 2.27. The molecule has 106 valence electrons. The Kier molecular flexibility index (Phi) is 4.69. The Morgan fingerprint density at radius 3 is 2.67 bits per heavy atom. The quantitative estimate of drug-likeness (QED) is 0.925. The van der Waals surface area contributed by atoms with Crippen LogP contribution < -0.4 is 10.1 Å². The van der Waals surface area contributed by atoms with E-state index in [0.29, 0.717) is 32.6 Å². The van der Waals surface area contributed by atoms with Gasteiger partial charge in [-0.2, -0.15) is 5.26 Å². The Morgan fingerprint density at radius 1 is 1.24 bits per heavy atom. The molecule has 0 aliphatic heterocycles. The van der Waals surface area contributed by atoms with Gasteiger partial charge in [-0.05, 0) is 36.4 Å². The molecule has 0 saturated heterocycles. The Hall–Kier alpha value is -2.22.